The predicted octanol–water partition coefficient (Wildman–Crippen LogP) is 2.28. The molecule has 0 radical (unpaired) electrons. The van der Waals surface area contributed by atoms with E-state index in [1.807, 2.05) is 24.3 Å². The second-order valence-corrected chi connectivity index (χ2v) is 6.39. The Morgan fingerprint density at radius 2 is 2.00 bits per heavy atom. The summed E-state index contributed by atoms with van der Waals surface area (Å²) in [7, 11) is 1.62. The molecular weight excluding hydrogens is 342 g/mol. The monoisotopic (exact) mass is 363 g/mol. The molecule has 0 aromatic heterocycles. The molecule has 0 saturated carbocycles. The Bertz CT molecular complexity index is 888. The van der Waals surface area contributed by atoms with Crippen LogP contribution in [-0.4, -0.2) is 32.0 Å². The number of ether oxygens (including phenoxy) is 1. The zero-order valence-corrected chi connectivity index (χ0v) is 15.1. The zero-order chi connectivity index (χ0) is 19.2. The standard InChI is InChI=1S/C21H21N3O3/c1-27-19-9-5-3-6-15(19)10-11-23-21(26)17-12-20(25)24(14-17)18-8-4-2-7-16(18)13-22/h2-9,17H,10-12,14H2,1H3,(H,23,26). The van der Waals surface area contributed by atoms with Gasteiger partial charge in [0.2, 0.25) is 11.8 Å². The fourth-order valence-corrected chi connectivity index (χ4v) is 3.29. The van der Waals surface area contributed by atoms with E-state index in [4.69, 9.17) is 4.74 Å². The number of rotatable bonds is 6. The molecule has 1 N–H and O–H groups in total. The maximum Gasteiger partial charge on any atom is 0.227 e. The number of nitriles is 1. The lowest BCUT2D eigenvalue weighted by Crippen LogP contribution is -2.34. The van der Waals surface area contributed by atoms with E-state index >= 15 is 0 Å². The van der Waals surface area contributed by atoms with Crippen LogP contribution < -0.4 is 15.0 Å². The van der Waals surface area contributed by atoms with E-state index in [1.165, 1.54) is 4.90 Å². The third kappa shape index (κ3) is 4.09. The average Bonchev–Trinajstić information content (AvgIpc) is 3.09. The number of methoxy groups -OCH3 is 1. The maximum absolute atomic E-state index is 12.5. The molecule has 3 rings (SSSR count). The first-order chi connectivity index (χ1) is 13.1. The molecule has 1 fully saturated rings. The minimum atomic E-state index is -0.415. The van der Waals surface area contributed by atoms with Crippen molar-refractivity contribution < 1.29 is 14.3 Å². The van der Waals surface area contributed by atoms with Crippen molar-refractivity contribution in [3.05, 3.63) is 59.7 Å². The molecule has 138 valence electrons. The number of nitrogens with zero attached hydrogens (tertiary/aromatic N) is 2. The Hall–Kier alpha value is -3.33. The number of hydrogen-bond donors (Lipinski definition) is 1. The largest absolute Gasteiger partial charge is 0.496 e. The van der Waals surface area contributed by atoms with Gasteiger partial charge in [-0.05, 0) is 30.2 Å². The Morgan fingerprint density at radius 3 is 2.78 bits per heavy atom. The SMILES string of the molecule is COc1ccccc1CCNC(=O)C1CC(=O)N(c2ccccc2C#N)C1. The van der Waals surface area contributed by atoms with Gasteiger partial charge in [0.1, 0.15) is 11.8 Å². The molecule has 2 aromatic carbocycles. The smallest absolute Gasteiger partial charge is 0.227 e. The lowest BCUT2D eigenvalue weighted by atomic mass is 10.1. The quantitative estimate of drug-likeness (QED) is 0.854. The van der Waals surface area contributed by atoms with Crippen LogP contribution in [0, 0.1) is 17.2 Å². The number of anilines is 1. The van der Waals surface area contributed by atoms with Crippen molar-refractivity contribution in [1.82, 2.24) is 5.32 Å². The van der Waals surface area contributed by atoms with Gasteiger partial charge in [0.05, 0.1) is 24.3 Å². The van der Waals surface area contributed by atoms with Crippen molar-refractivity contribution in [3.8, 4) is 11.8 Å². The second kappa shape index (κ2) is 8.37. The molecule has 1 heterocycles. The highest BCUT2D eigenvalue weighted by molar-refractivity contribution is 6.01. The first-order valence-electron chi connectivity index (χ1n) is 8.83. The Labute approximate surface area is 158 Å². The van der Waals surface area contributed by atoms with Crippen molar-refractivity contribution in [2.75, 3.05) is 25.1 Å². The summed E-state index contributed by atoms with van der Waals surface area (Å²) in [4.78, 5) is 26.4. The molecule has 6 nitrogen and oxygen atoms in total. The summed E-state index contributed by atoms with van der Waals surface area (Å²) in [5.41, 5.74) is 2.02. The van der Waals surface area contributed by atoms with Crippen LogP contribution in [0.15, 0.2) is 48.5 Å². The Kier molecular flexibility index (Phi) is 5.72. The molecule has 1 saturated heterocycles. The van der Waals surface area contributed by atoms with Gasteiger partial charge in [-0.25, -0.2) is 0 Å². The van der Waals surface area contributed by atoms with E-state index in [0.29, 0.717) is 24.2 Å². The van der Waals surface area contributed by atoms with Crippen LogP contribution in [0.2, 0.25) is 0 Å². The molecule has 1 aliphatic rings. The molecule has 0 spiro atoms. The summed E-state index contributed by atoms with van der Waals surface area (Å²) in [5.74, 6) is 0.0989. The van der Waals surface area contributed by atoms with Gasteiger partial charge in [0, 0.05) is 19.5 Å². The van der Waals surface area contributed by atoms with E-state index in [1.54, 1.807) is 31.4 Å². The van der Waals surface area contributed by atoms with Gasteiger partial charge in [-0.1, -0.05) is 30.3 Å². The molecule has 0 aliphatic carbocycles. The van der Waals surface area contributed by atoms with Gasteiger partial charge < -0.3 is 15.0 Å². The van der Waals surface area contributed by atoms with Gasteiger partial charge in [-0.3, -0.25) is 9.59 Å². The van der Waals surface area contributed by atoms with Gasteiger partial charge in [-0.15, -0.1) is 0 Å². The molecule has 2 amide bonds. The van der Waals surface area contributed by atoms with Crippen LogP contribution in [0.4, 0.5) is 5.69 Å². The topological polar surface area (TPSA) is 82.4 Å². The Morgan fingerprint density at radius 1 is 1.26 bits per heavy atom. The molecule has 1 atom stereocenters. The van der Waals surface area contributed by atoms with Crippen molar-refractivity contribution in [1.29, 1.82) is 5.26 Å². The van der Waals surface area contributed by atoms with Crippen molar-refractivity contribution in [3.63, 3.8) is 0 Å². The summed E-state index contributed by atoms with van der Waals surface area (Å²) in [6.07, 6.45) is 0.803. The normalized spacial score (nSPS) is 16.1. The molecule has 2 aromatic rings. The van der Waals surface area contributed by atoms with Crippen LogP contribution >= 0.6 is 0 Å². The maximum atomic E-state index is 12.5. The fraction of sp³-hybridized carbons (Fsp3) is 0.286. The minimum absolute atomic E-state index is 0.137. The lowest BCUT2D eigenvalue weighted by molar-refractivity contribution is -0.126. The summed E-state index contributed by atoms with van der Waals surface area (Å²) in [5, 5.41) is 12.1. The summed E-state index contributed by atoms with van der Waals surface area (Å²) < 4.78 is 5.31. The minimum Gasteiger partial charge on any atom is -0.496 e. The second-order valence-electron chi connectivity index (χ2n) is 6.39. The van der Waals surface area contributed by atoms with Gasteiger partial charge in [0.25, 0.3) is 0 Å². The van der Waals surface area contributed by atoms with E-state index in [-0.39, 0.29) is 24.8 Å². The summed E-state index contributed by atoms with van der Waals surface area (Å²) in [6.45, 7) is 0.761. The third-order valence-electron chi connectivity index (χ3n) is 4.70. The van der Waals surface area contributed by atoms with E-state index < -0.39 is 5.92 Å². The van der Waals surface area contributed by atoms with Gasteiger partial charge in [-0.2, -0.15) is 5.26 Å². The average molecular weight is 363 g/mol. The molecule has 27 heavy (non-hydrogen) atoms. The van der Waals surface area contributed by atoms with Crippen LogP contribution in [0.5, 0.6) is 5.75 Å². The van der Waals surface area contributed by atoms with Crippen LogP contribution in [-0.2, 0) is 16.0 Å². The molecular formula is C21H21N3O3. The molecule has 1 unspecified atom stereocenters. The number of nitrogens with one attached hydrogen (secondary N) is 1. The van der Waals surface area contributed by atoms with Crippen LogP contribution in [0.1, 0.15) is 17.5 Å². The first-order valence-corrected chi connectivity index (χ1v) is 8.83. The highest BCUT2D eigenvalue weighted by atomic mass is 16.5. The molecule has 6 heteroatoms. The predicted molar refractivity (Wildman–Crippen MR) is 101 cm³/mol. The van der Waals surface area contributed by atoms with Crippen LogP contribution in [0.25, 0.3) is 0 Å². The highest BCUT2D eigenvalue weighted by Gasteiger charge is 2.35. The zero-order valence-electron chi connectivity index (χ0n) is 15.1. The number of para-hydroxylation sites is 2. The fourth-order valence-electron chi connectivity index (χ4n) is 3.29. The Balaban J connectivity index is 1.59. The van der Waals surface area contributed by atoms with Crippen LogP contribution in [0.3, 0.4) is 0 Å². The van der Waals surface area contributed by atoms with E-state index in [2.05, 4.69) is 11.4 Å². The van der Waals surface area contributed by atoms with Crippen molar-refractivity contribution in [2.45, 2.75) is 12.8 Å². The lowest BCUT2D eigenvalue weighted by Gasteiger charge is -2.18. The molecule has 0 bridgehead atoms. The summed E-state index contributed by atoms with van der Waals surface area (Å²) in [6, 6.07) is 16.7. The first kappa shape index (κ1) is 18.5. The van der Waals surface area contributed by atoms with Crippen molar-refractivity contribution in [2.24, 2.45) is 5.92 Å². The van der Waals surface area contributed by atoms with E-state index in [9.17, 15) is 14.9 Å². The number of carbonyl (C=O) groups is 2. The third-order valence-corrected chi connectivity index (χ3v) is 4.70. The van der Waals surface area contributed by atoms with E-state index in [0.717, 1.165) is 11.3 Å². The molecule has 1 aliphatic heterocycles. The van der Waals surface area contributed by atoms with Crippen molar-refractivity contribution >= 4 is 17.5 Å². The summed E-state index contributed by atoms with van der Waals surface area (Å²) >= 11 is 0. The van der Waals surface area contributed by atoms with Gasteiger partial charge >= 0.3 is 0 Å². The van der Waals surface area contributed by atoms with Gasteiger partial charge in [0.15, 0.2) is 0 Å². The number of hydrogen-bond acceptors (Lipinski definition) is 4. The number of amides is 2. The number of carbonyl (C=O) groups excluding carboxylic acids is 2. The highest BCUT2D eigenvalue weighted by Crippen LogP contribution is 2.28. The number of benzene rings is 2.